The second kappa shape index (κ2) is 14.6. The van der Waals surface area contributed by atoms with Gasteiger partial charge in [-0.1, -0.05) is 6.58 Å². The number of carboxylic acids is 2. The Morgan fingerprint density at radius 1 is 1.17 bits per heavy atom. The summed E-state index contributed by atoms with van der Waals surface area (Å²) in [5, 5.41) is 16.1. The van der Waals surface area contributed by atoms with Gasteiger partial charge in [-0.2, -0.15) is 0 Å². The molecule has 0 aliphatic heterocycles. The van der Waals surface area contributed by atoms with E-state index in [1.165, 1.54) is 0 Å². The summed E-state index contributed by atoms with van der Waals surface area (Å²) >= 11 is 0. The van der Waals surface area contributed by atoms with Crippen molar-refractivity contribution >= 4 is 11.9 Å². The van der Waals surface area contributed by atoms with Gasteiger partial charge >= 0.3 is 166 Å². The third-order valence-corrected chi connectivity index (χ3v) is 0.667. The number of aliphatic carboxylic acids is 2. The summed E-state index contributed by atoms with van der Waals surface area (Å²) in [4.78, 5) is 19.7. The van der Waals surface area contributed by atoms with Crippen molar-refractivity contribution in [3.05, 3.63) is 12.2 Å². The van der Waals surface area contributed by atoms with Crippen LogP contribution in [0.4, 0.5) is 0 Å². The van der Waals surface area contributed by atoms with Crippen LogP contribution in [0.2, 0.25) is 0 Å². The van der Waals surface area contributed by atoms with Crippen molar-refractivity contribution in [1.82, 2.24) is 0 Å². The molecular formula is C5H9K3O4. The van der Waals surface area contributed by atoms with E-state index in [-0.39, 0.29) is 164 Å². The summed E-state index contributed by atoms with van der Waals surface area (Å²) < 4.78 is 0. The van der Waals surface area contributed by atoms with E-state index >= 15 is 0 Å². The van der Waals surface area contributed by atoms with Crippen molar-refractivity contribution in [3.63, 3.8) is 0 Å². The Balaban J connectivity index is -0.0000000213. The summed E-state index contributed by atoms with van der Waals surface area (Å²) in [6.07, 6.45) is -0.505. The minimum atomic E-state index is -1.27. The number of hydrogen-bond donors (Lipinski definition) is 2. The number of hydrogen-bond acceptors (Lipinski definition) is 2. The van der Waals surface area contributed by atoms with E-state index in [1.54, 1.807) is 0 Å². The fourth-order valence-corrected chi connectivity index (χ4v) is 0.258. The molecule has 2 N–H and O–H groups in total. The molecule has 0 aromatic carbocycles. The van der Waals surface area contributed by atoms with Crippen molar-refractivity contribution in [2.45, 2.75) is 6.42 Å². The van der Waals surface area contributed by atoms with Crippen LogP contribution in [0.3, 0.4) is 0 Å². The third kappa shape index (κ3) is 16.0. The first-order chi connectivity index (χ1) is 4.04. The molecule has 56 valence electrons. The number of carboxylic acid groups (broad SMARTS) is 2. The monoisotopic (exact) mass is 250 g/mol. The molecular weight excluding hydrogens is 241 g/mol. The second-order valence-electron chi connectivity index (χ2n) is 1.48. The fourth-order valence-electron chi connectivity index (χ4n) is 0.258. The minimum Gasteiger partial charge on any atom is -1.00 e. The summed E-state index contributed by atoms with van der Waals surface area (Å²) in [5.41, 5.74) is -0.303. The van der Waals surface area contributed by atoms with Crippen LogP contribution in [0.25, 0.3) is 0 Å². The first kappa shape index (κ1) is 24.7. The van der Waals surface area contributed by atoms with Crippen molar-refractivity contribution in [2.75, 3.05) is 0 Å². The van der Waals surface area contributed by atoms with E-state index in [2.05, 4.69) is 6.58 Å². The van der Waals surface area contributed by atoms with E-state index in [0.29, 0.717) is 0 Å². The molecule has 0 rings (SSSR count). The quantitative estimate of drug-likeness (QED) is 0.385. The van der Waals surface area contributed by atoms with Gasteiger partial charge in [-0.15, -0.1) is 0 Å². The molecule has 0 saturated heterocycles. The average molecular weight is 250 g/mol. The summed E-state index contributed by atoms with van der Waals surface area (Å²) in [7, 11) is 0. The van der Waals surface area contributed by atoms with Crippen LogP contribution in [-0.4, -0.2) is 22.2 Å². The first-order valence-electron chi connectivity index (χ1n) is 2.17. The Bertz CT molecular complexity index is 179. The molecule has 4 nitrogen and oxygen atoms in total. The minimum absolute atomic E-state index is 0. The molecule has 0 spiro atoms. The summed E-state index contributed by atoms with van der Waals surface area (Å²) in [6.45, 7) is 3.01. The van der Waals surface area contributed by atoms with Crippen LogP contribution in [0, 0.1) is 0 Å². The van der Waals surface area contributed by atoms with Crippen molar-refractivity contribution in [1.29, 1.82) is 0 Å². The molecule has 0 aromatic rings. The van der Waals surface area contributed by atoms with Crippen molar-refractivity contribution in [2.24, 2.45) is 0 Å². The molecule has 0 heterocycles. The Morgan fingerprint density at radius 2 is 1.50 bits per heavy atom. The second-order valence-corrected chi connectivity index (χ2v) is 1.48. The van der Waals surface area contributed by atoms with Gasteiger partial charge in [-0.05, 0) is 0 Å². The molecule has 0 amide bonds. The maximum atomic E-state index is 9.87. The van der Waals surface area contributed by atoms with Gasteiger partial charge in [0.2, 0.25) is 0 Å². The van der Waals surface area contributed by atoms with Crippen LogP contribution >= 0.6 is 0 Å². The summed E-state index contributed by atoms with van der Waals surface area (Å²) in [6, 6.07) is 0. The van der Waals surface area contributed by atoms with E-state index in [0.717, 1.165) is 0 Å². The first-order valence-corrected chi connectivity index (χ1v) is 2.17. The van der Waals surface area contributed by atoms with E-state index in [9.17, 15) is 9.59 Å². The third-order valence-electron chi connectivity index (χ3n) is 0.667. The SMILES string of the molecule is C=C(CC(=O)O)C(=O)O.[H-].[H-].[H-].[K+].[K+].[K+]. The van der Waals surface area contributed by atoms with Gasteiger partial charge < -0.3 is 14.5 Å². The van der Waals surface area contributed by atoms with E-state index in [1.807, 2.05) is 0 Å². The zero-order valence-electron chi connectivity index (χ0n) is 10.6. The average Bonchev–Trinajstić information content (AvgIpc) is 1.63. The molecule has 12 heavy (non-hydrogen) atoms. The van der Waals surface area contributed by atoms with Crippen LogP contribution in [0.5, 0.6) is 0 Å². The molecule has 0 aliphatic rings. The van der Waals surface area contributed by atoms with Gasteiger partial charge in [0.1, 0.15) is 0 Å². The van der Waals surface area contributed by atoms with Crippen LogP contribution in [-0.2, 0) is 9.59 Å². The zero-order chi connectivity index (χ0) is 7.44. The van der Waals surface area contributed by atoms with Gasteiger partial charge in [-0.25, -0.2) is 4.79 Å². The predicted molar refractivity (Wildman–Crippen MR) is 32.4 cm³/mol. The molecule has 0 bridgehead atoms. The normalized spacial score (nSPS) is 6.33. The molecule has 0 radical (unpaired) electrons. The van der Waals surface area contributed by atoms with Crippen LogP contribution < -0.4 is 154 Å². The molecule has 0 atom stereocenters. The maximum absolute atomic E-state index is 9.87. The van der Waals surface area contributed by atoms with Gasteiger partial charge in [-0.3, -0.25) is 4.79 Å². The van der Waals surface area contributed by atoms with Gasteiger partial charge in [0.25, 0.3) is 0 Å². The Morgan fingerprint density at radius 3 is 1.58 bits per heavy atom. The number of carbonyl (C=O) groups is 2. The molecule has 0 aromatic heterocycles. The Labute approximate surface area is 203 Å². The number of rotatable bonds is 3. The zero-order valence-corrected chi connectivity index (χ0v) is 17.0. The predicted octanol–water partition coefficient (Wildman–Crippen LogP) is -8.55. The Hall–Kier alpha value is 3.59. The van der Waals surface area contributed by atoms with Crippen LogP contribution in [0.1, 0.15) is 10.7 Å². The Kier molecular flexibility index (Phi) is 30.0. The fraction of sp³-hybridized carbons (Fsp3) is 0.200. The van der Waals surface area contributed by atoms with Gasteiger partial charge in [0.15, 0.2) is 0 Å². The van der Waals surface area contributed by atoms with Crippen LogP contribution in [0.15, 0.2) is 12.2 Å². The summed E-state index contributed by atoms with van der Waals surface area (Å²) in [5.74, 6) is -2.44. The van der Waals surface area contributed by atoms with E-state index < -0.39 is 18.4 Å². The van der Waals surface area contributed by atoms with Crippen molar-refractivity contribution in [3.8, 4) is 0 Å². The molecule has 0 aliphatic carbocycles. The largest absolute Gasteiger partial charge is 1.00 e. The molecule has 0 saturated carbocycles. The smallest absolute Gasteiger partial charge is 1.00 e. The van der Waals surface area contributed by atoms with Crippen molar-refractivity contribution < 1.29 is 178 Å². The molecule has 0 fully saturated rings. The van der Waals surface area contributed by atoms with Gasteiger partial charge in [0.05, 0.1) is 6.42 Å². The topological polar surface area (TPSA) is 74.6 Å². The molecule has 0 unspecified atom stereocenters. The van der Waals surface area contributed by atoms with E-state index in [4.69, 9.17) is 10.2 Å². The maximum Gasteiger partial charge on any atom is 1.00 e. The van der Waals surface area contributed by atoms with Gasteiger partial charge in [0, 0.05) is 5.57 Å². The standard InChI is InChI=1S/C5H6O4.3K.3H/c1-3(5(8)9)2-4(6)7;;;;;;/h1-2H2,(H,6,7)(H,8,9);;;;;;/q;3*+1;3*-1. The molecule has 7 heteroatoms.